The third kappa shape index (κ3) is 3.14. The maximum atomic E-state index is 12.4. The van der Waals surface area contributed by atoms with E-state index in [-0.39, 0.29) is 0 Å². The van der Waals surface area contributed by atoms with E-state index in [2.05, 4.69) is 0 Å². The van der Waals surface area contributed by atoms with E-state index in [1.165, 1.54) is 11.9 Å². The predicted molar refractivity (Wildman–Crippen MR) is 64.7 cm³/mol. The normalized spacial score (nSPS) is 11.8. The Labute approximate surface area is 100 Å². The van der Waals surface area contributed by atoms with Gasteiger partial charge in [-0.05, 0) is 49.9 Å². The number of hydrogen-bond donors (Lipinski definition) is 0. The largest absolute Gasteiger partial charge is 0.405 e. The summed E-state index contributed by atoms with van der Waals surface area (Å²) in [6.45, 7) is 6.66. The van der Waals surface area contributed by atoms with Crippen molar-refractivity contribution in [1.82, 2.24) is 0 Å². The Morgan fingerprint density at radius 1 is 1.00 bits per heavy atom. The third-order valence-electron chi connectivity index (χ3n) is 3.12. The first kappa shape index (κ1) is 13.9. The maximum Gasteiger partial charge on any atom is 0.405 e. The number of hydrogen-bond acceptors (Lipinski definition) is 1. The van der Waals surface area contributed by atoms with Crippen molar-refractivity contribution in [1.29, 1.82) is 0 Å². The minimum atomic E-state index is -4.18. The van der Waals surface area contributed by atoms with Gasteiger partial charge in [-0.3, -0.25) is 0 Å². The number of anilines is 1. The Bertz CT molecular complexity index is 395. The number of benzene rings is 1. The van der Waals surface area contributed by atoms with Gasteiger partial charge < -0.3 is 4.90 Å². The van der Waals surface area contributed by atoms with Crippen molar-refractivity contribution in [3.05, 3.63) is 28.3 Å². The summed E-state index contributed by atoms with van der Waals surface area (Å²) in [6, 6.07) is 2.01. The third-order valence-corrected chi connectivity index (χ3v) is 3.12. The number of aryl methyl sites for hydroxylation is 2. The highest BCUT2D eigenvalue weighted by Crippen LogP contribution is 2.31. The molecule has 4 heteroatoms. The molecule has 0 unspecified atom stereocenters. The second-order valence-electron chi connectivity index (χ2n) is 4.58. The smallest absolute Gasteiger partial charge is 0.365 e. The molecule has 1 rings (SSSR count). The quantitative estimate of drug-likeness (QED) is 0.763. The van der Waals surface area contributed by atoms with Crippen molar-refractivity contribution in [2.45, 2.75) is 33.9 Å². The van der Waals surface area contributed by atoms with Crippen LogP contribution >= 0.6 is 0 Å². The number of rotatable bonds is 2. The molecule has 1 aromatic carbocycles. The average molecular weight is 245 g/mol. The van der Waals surface area contributed by atoms with Crippen molar-refractivity contribution in [2.24, 2.45) is 0 Å². The molecule has 0 saturated heterocycles. The molecular weight excluding hydrogens is 227 g/mol. The summed E-state index contributed by atoms with van der Waals surface area (Å²) < 4.78 is 37.2. The van der Waals surface area contributed by atoms with Gasteiger partial charge in [0.15, 0.2) is 0 Å². The molecule has 0 amide bonds. The summed E-state index contributed by atoms with van der Waals surface area (Å²) in [5.74, 6) is 0. The fourth-order valence-corrected chi connectivity index (χ4v) is 2.12. The van der Waals surface area contributed by atoms with E-state index in [4.69, 9.17) is 0 Å². The zero-order valence-corrected chi connectivity index (χ0v) is 10.9. The van der Waals surface area contributed by atoms with Crippen molar-refractivity contribution in [3.8, 4) is 0 Å². The van der Waals surface area contributed by atoms with Crippen LogP contribution in [-0.4, -0.2) is 19.8 Å². The molecule has 96 valence electrons. The van der Waals surface area contributed by atoms with Crippen molar-refractivity contribution >= 4 is 5.69 Å². The van der Waals surface area contributed by atoms with E-state index in [1.807, 2.05) is 33.8 Å². The van der Waals surface area contributed by atoms with Crippen LogP contribution in [0, 0.1) is 27.7 Å². The predicted octanol–water partition coefficient (Wildman–Crippen LogP) is 3.92. The molecule has 1 nitrogen and oxygen atoms in total. The zero-order chi connectivity index (χ0) is 13.4. The van der Waals surface area contributed by atoms with Crippen LogP contribution in [0.3, 0.4) is 0 Å². The molecule has 0 radical (unpaired) electrons. The van der Waals surface area contributed by atoms with Gasteiger partial charge in [-0.2, -0.15) is 13.2 Å². The Morgan fingerprint density at radius 3 is 1.76 bits per heavy atom. The standard InChI is InChI=1S/C13H18F3N/c1-8-6-9(2)11(4)12(10(8)3)17(5)7-13(14,15)16/h6H,7H2,1-5H3. The Balaban J connectivity index is 3.21. The van der Waals surface area contributed by atoms with E-state index in [1.54, 1.807) is 0 Å². The Kier molecular flexibility index (Phi) is 3.74. The molecule has 0 atom stereocenters. The zero-order valence-electron chi connectivity index (χ0n) is 10.9. The Morgan fingerprint density at radius 2 is 1.41 bits per heavy atom. The second-order valence-corrected chi connectivity index (χ2v) is 4.58. The molecule has 0 spiro atoms. The summed E-state index contributed by atoms with van der Waals surface area (Å²) >= 11 is 0. The van der Waals surface area contributed by atoms with Gasteiger partial charge in [0, 0.05) is 12.7 Å². The van der Waals surface area contributed by atoms with Crippen LogP contribution in [0.15, 0.2) is 6.07 Å². The van der Waals surface area contributed by atoms with Gasteiger partial charge in [-0.1, -0.05) is 6.07 Å². The molecule has 0 aliphatic heterocycles. The lowest BCUT2D eigenvalue weighted by Gasteiger charge is -2.26. The summed E-state index contributed by atoms with van der Waals surface area (Å²) in [4.78, 5) is 1.28. The highest BCUT2D eigenvalue weighted by molar-refractivity contribution is 5.63. The lowest BCUT2D eigenvalue weighted by Crippen LogP contribution is -2.32. The molecule has 0 saturated carbocycles. The van der Waals surface area contributed by atoms with Crippen LogP contribution in [0.4, 0.5) is 18.9 Å². The van der Waals surface area contributed by atoms with Crippen LogP contribution in [0.25, 0.3) is 0 Å². The highest BCUT2D eigenvalue weighted by atomic mass is 19.4. The fraction of sp³-hybridized carbons (Fsp3) is 0.538. The second kappa shape index (κ2) is 4.59. The van der Waals surface area contributed by atoms with Gasteiger partial charge in [0.2, 0.25) is 0 Å². The summed E-state index contributed by atoms with van der Waals surface area (Å²) in [6.07, 6.45) is -4.18. The first-order valence-corrected chi connectivity index (χ1v) is 5.48. The Hall–Kier alpha value is -1.19. The molecule has 17 heavy (non-hydrogen) atoms. The van der Waals surface area contributed by atoms with Gasteiger partial charge in [0.05, 0.1) is 0 Å². The molecule has 0 heterocycles. The van der Waals surface area contributed by atoms with Crippen molar-refractivity contribution < 1.29 is 13.2 Å². The van der Waals surface area contributed by atoms with Crippen molar-refractivity contribution in [2.75, 3.05) is 18.5 Å². The van der Waals surface area contributed by atoms with Crippen LogP contribution in [0.1, 0.15) is 22.3 Å². The van der Waals surface area contributed by atoms with Gasteiger partial charge in [0.1, 0.15) is 6.54 Å². The van der Waals surface area contributed by atoms with E-state index in [0.29, 0.717) is 5.69 Å². The van der Waals surface area contributed by atoms with Gasteiger partial charge in [-0.15, -0.1) is 0 Å². The van der Waals surface area contributed by atoms with E-state index >= 15 is 0 Å². The number of alkyl halides is 3. The minimum absolute atomic E-state index is 0.694. The van der Waals surface area contributed by atoms with Crippen LogP contribution in [0.5, 0.6) is 0 Å². The fourth-order valence-electron chi connectivity index (χ4n) is 2.12. The minimum Gasteiger partial charge on any atom is -0.365 e. The molecule has 0 fully saturated rings. The van der Waals surface area contributed by atoms with Crippen LogP contribution < -0.4 is 4.90 Å². The first-order chi connectivity index (χ1) is 7.63. The van der Waals surface area contributed by atoms with Gasteiger partial charge in [-0.25, -0.2) is 0 Å². The number of halogens is 3. The monoisotopic (exact) mass is 245 g/mol. The highest BCUT2D eigenvalue weighted by Gasteiger charge is 2.30. The summed E-state index contributed by atoms with van der Waals surface area (Å²) in [5.41, 5.74) is 4.58. The first-order valence-electron chi connectivity index (χ1n) is 5.48. The lowest BCUT2D eigenvalue weighted by molar-refractivity contribution is -0.119. The molecule has 0 aliphatic rings. The van der Waals surface area contributed by atoms with E-state index < -0.39 is 12.7 Å². The van der Waals surface area contributed by atoms with Gasteiger partial charge >= 0.3 is 6.18 Å². The van der Waals surface area contributed by atoms with E-state index in [0.717, 1.165) is 22.3 Å². The molecular formula is C13H18F3N. The maximum absolute atomic E-state index is 12.4. The van der Waals surface area contributed by atoms with Crippen LogP contribution in [-0.2, 0) is 0 Å². The summed E-state index contributed by atoms with van der Waals surface area (Å²) in [7, 11) is 1.49. The lowest BCUT2D eigenvalue weighted by atomic mass is 9.98. The molecule has 0 aliphatic carbocycles. The van der Waals surface area contributed by atoms with Crippen LogP contribution in [0.2, 0.25) is 0 Å². The summed E-state index contributed by atoms with van der Waals surface area (Å²) in [5, 5.41) is 0. The van der Waals surface area contributed by atoms with Crippen molar-refractivity contribution in [3.63, 3.8) is 0 Å². The molecule has 1 aromatic rings. The average Bonchev–Trinajstić information content (AvgIpc) is 2.12. The number of nitrogens with zero attached hydrogens (tertiary/aromatic N) is 1. The topological polar surface area (TPSA) is 3.24 Å². The van der Waals surface area contributed by atoms with E-state index in [9.17, 15) is 13.2 Å². The SMILES string of the molecule is Cc1cc(C)c(C)c(N(C)CC(F)(F)F)c1C. The van der Waals surface area contributed by atoms with Gasteiger partial charge in [0.25, 0.3) is 0 Å². The molecule has 0 N–H and O–H groups in total. The molecule has 0 aromatic heterocycles. The molecule has 0 bridgehead atoms.